The number of anilines is 3. The highest BCUT2D eigenvalue weighted by Crippen LogP contribution is 2.58. The maximum Gasteiger partial charge on any atom is 0.139 e. The van der Waals surface area contributed by atoms with Crippen LogP contribution in [0.4, 0.5) is 17.1 Å². The lowest BCUT2D eigenvalue weighted by Gasteiger charge is -2.34. The lowest BCUT2D eigenvalue weighted by atomic mass is 9.68. The van der Waals surface area contributed by atoms with Gasteiger partial charge in [0.15, 0.2) is 0 Å². The number of hydrogen-bond donors (Lipinski definition) is 0. The van der Waals surface area contributed by atoms with Crippen LogP contribution in [-0.2, 0) is 10.8 Å². The molecule has 2 heteroatoms. The van der Waals surface area contributed by atoms with E-state index in [1.165, 1.54) is 71.6 Å². The second-order valence-electron chi connectivity index (χ2n) is 18.0. The molecule has 10 aromatic carbocycles. The Labute approximate surface area is 368 Å². The lowest BCUT2D eigenvalue weighted by molar-refractivity contribution is 0.573. The van der Waals surface area contributed by atoms with Gasteiger partial charge in [-0.2, -0.15) is 0 Å². The van der Waals surface area contributed by atoms with Crippen molar-refractivity contribution < 1.29 is 4.42 Å². The van der Waals surface area contributed by atoms with Crippen LogP contribution >= 0.6 is 0 Å². The molecule has 0 spiro atoms. The van der Waals surface area contributed by atoms with Crippen molar-refractivity contribution in [1.82, 2.24) is 0 Å². The van der Waals surface area contributed by atoms with Gasteiger partial charge in [0.2, 0.25) is 0 Å². The molecule has 0 N–H and O–H groups in total. The van der Waals surface area contributed by atoms with Crippen LogP contribution in [-0.4, -0.2) is 0 Å². The fraction of sp³-hybridized carbons (Fsp3) is 0.0820. The molecule has 0 aliphatic heterocycles. The molecule has 0 amide bonds. The van der Waals surface area contributed by atoms with Gasteiger partial charge in [-0.05, 0) is 96.2 Å². The van der Waals surface area contributed by atoms with Crippen LogP contribution in [0.3, 0.4) is 0 Å². The third-order valence-electron chi connectivity index (χ3n) is 13.5. The van der Waals surface area contributed by atoms with E-state index in [1.54, 1.807) is 0 Å². The minimum atomic E-state index is -0.493. The molecule has 2 nitrogen and oxygen atoms in total. The SMILES string of the molecule is CC(C)(C)c1cccc2c1oc1cc(N(c3ccc4c(c3)-c3ccccc3C4(c3ccccc3)c3ccccc3)c3ccc4ccccc4c3-c3cccc4ccccc34)ccc12. The predicted molar refractivity (Wildman–Crippen MR) is 265 cm³/mol. The molecule has 12 rings (SSSR count). The van der Waals surface area contributed by atoms with E-state index in [0.717, 1.165) is 39.0 Å². The molecular formula is C61H45NO. The molecule has 0 saturated carbocycles. The topological polar surface area (TPSA) is 16.4 Å². The summed E-state index contributed by atoms with van der Waals surface area (Å²) in [7, 11) is 0. The highest BCUT2D eigenvalue weighted by molar-refractivity contribution is 6.12. The molecule has 300 valence electrons. The molecule has 63 heavy (non-hydrogen) atoms. The first-order valence-electron chi connectivity index (χ1n) is 22.0. The van der Waals surface area contributed by atoms with Crippen molar-refractivity contribution in [3.05, 3.63) is 246 Å². The number of para-hydroxylation sites is 1. The summed E-state index contributed by atoms with van der Waals surface area (Å²) >= 11 is 0. The molecule has 0 atom stereocenters. The second kappa shape index (κ2) is 14.2. The van der Waals surface area contributed by atoms with Crippen LogP contribution < -0.4 is 4.90 Å². The monoisotopic (exact) mass is 807 g/mol. The van der Waals surface area contributed by atoms with Crippen molar-refractivity contribution >= 4 is 60.5 Å². The van der Waals surface area contributed by atoms with Gasteiger partial charge in [-0.3, -0.25) is 0 Å². The van der Waals surface area contributed by atoms with E-state index in [4.69, 9.17) is 4.42 Å². The van der Waals surface area contributed by atoms with Gasteiger partial charge in [0, 0.05) is 39.3 Å². The van der Waals surface area contributed by atoms with Gasteiger partial charge in [0.05, 0.1) is 11.1 Å². The van der Waals surface area contributed by atoms with Crippen LogP contribution in [0, 0.1) is 0 Å². The van der Waals surface area contributed by atoms with Gasteiger partial charge in [-0.1, -0.05) is 203 Å². The maximum absolute atomic E-state index is 6.93. The first-order chi connectivity index (χ1) is 30.9. The highest BCUT2D eigenvalue weighted by Gasteiger charge is 2.46. The van der Waals surface area contributed by atoms with Crippen LogP contribution in [0.5, 0.6) is 0 Å². The average Bonchev–Trinajstić information content (AvgIpc) is 3.85. The molecule has 1 aliphatic rings. The summed E-state index contributed by atoms with van der Waals surface area (Å²) < 4.78 is 6.93. The van der Waals surface area contributed by atoms with Gasteiger partial charge in [-0.15, -0.1) is 0 Å². The van der Waals surface area contributed by atoms with Crippen molar-refractivity contribution in [2.45, 2.75) is 31.6 Å². The van der Waals surface area contributed by atoms with Crippen LogP contribution in [0.15, 0.2) is 223 Å². The molecule has 0 saturated heterocycles. The lowest BCUT2D eigenvalue weighted by Crippen LogP contribution is -2.28. The first-order valence-corrected chi connectivity index (χ1v) is 22.0. The van der Waals surface area contributed by atoms with E-state index in [-0.39, 0.29) is 5.41 Å². The molecule has 1 aliphatic carbocycles. The molecular weight excluding hydrogens is 763 g/mol. The molecule has 1 heterocycles. The zero-order valence-electron chi connectivity index (χ0n) is 35.6. The van der Waals surface area contributed by atoms with Gasteiger partial charge in [0.25, 0.3) is 0 Å². The maximum atomic E-state index is 6.93. The molecule has 1 aromatic heterocycles. The Bertz CT molecular complexity index is 3510. The smallest absolute Gasteiger partial charge is 0.139 e. The number of hydrogen-bond acceptors (Lipinski definition) is 2. The summed E-state index contributed by atoms with van der Waals surface area (Å²) in [5, 5.41) is 7.10. The average molecular weight is 808 g/mol. The summed E-state index contributed by atoms with van der Waals surface area (Å²) in [5.74, 6) is 0. The minimum absolute atomic E-state index is 0.0733. The second-order valence-corrected chi connectivity index (χ2v) is 18.0. The van der Waals surface area contributed by atoms with Gasteiger partial charge in [0.1, 0.15) is 11.2 Å². The van der Waals surface area contributed by atoms with Gasteiger partial charge >= 0.3 is 0 Å². The Balaban J connectivity index is 1.17. The Morgan fingerprint density at radius 2 is 0.984 bits per heavy atom. The van der Waals surface area contributed by atoms with Crippen molar-refractivity contribution in [2.75, 3.05) is 4.90 Å². The van der Waals surface area contributed by atoms with E-state index < -0.39 is 5.41 Å². The predicted octanol–water partition coefficient (Wildman–Crippen LogP) is 16.7. The number of benzene rings is 10. The van der Waals surface area contributed by atoms with Gasteiger partial charge in [-0.25, -0.2) is 0 Å². The number of rotatable bonds is 6. The standard InChI is InChI=1S/C61H45NO/c1-60(2,3)55-31-17-29-51-49-35-33-45(39-57(49)63-59(51)55)62(56-37-32-41-19-11-13-26-47(41)58(56)50-28-16-20-40-18-10-12-25-46(40)50)44-34-36-54-52(38-44)48-27-14-15-30-53(48)61(54,42-21-6-4-7-22-42)43-23-8-5-9-24-43/h4-39H,1-3H3. The largest absolute Gasteiger partial charge is 0.456 e. The number of fused-ring (bicyclic) bond motifs is 8. The quantitative estimate of drug-likeness (QED) is 0.166. The van der Waals surface area contributed by atoms with E-state index >= 15 is 0 Å². The third kappa shape index (κ3) is 5.64. The van der Waals surface area contributed by atoms with E-state index in [2.05, 4.69) is 244 Å². The Kier molecular flexibility index (Phi) is 8.36. The van der Waals surface area contributed by atoms with Gasteiger partial charge < -0.3 is 9.32 Å². The van der Waals surface area contributed by atoms with E-state index in [9.17, 15) is 0 Å². The van der Waals surface area contributed by atoms with E-state index in [1.807, 2.05) is 0 Å². The highest BCUT2D eigenvalue weighted by atomic mass is 16.3. The van der Waals surface area contributed by atoms with Crippen molar-refractivity contribution in [1.29, 1.82) is 0 Å². The summed E-state index contributed by atoms with van der Waals surface area (Å²) in [6.45, 7) is 6.77. The Hall–Kier alpha value is -7.68. The van der Waals surface area contributed by atoms with Crippen molar-refractivity contribution in [3.63, 3.8) is 0 Å². The Morgan fingerprint density at radius 1 is 0.413 bits per heavy atom. The van der Waals surface area contributed by atoms with Crippen molar-refractivity contribution in [2.24, 2.45) is 0 Å². The summed E-state index contributed by atoms with van der Waals surface area (Å²) in [4.78, 5) is 2.47. The molecule has 0 unspecified atom stereocenters. The zero-order valence-corrected chi connectivity index (χ0v) is 35.6. The zero-order chi connectivity index (χ0) is 42.3. The normalized spacial score (nSPS) is 13.1. The number of nitrogens with zero attached hydrogens (tertiary/aromatic N) is 1. The fourth-order valence-electron chi connectivity index (χ4n) is 10.7. The number of furan rings is 1. The molecule has 0 bridgehead atoms. The van der Waals surface area contributed by atoms with Crippen LogP contribution in [0.1, 0.15) is 48.6 Å². The van der Waals surface area contributed by atoms with Crippen LogP contribution in [0.2, 0.25) is 0 Å². The summed E-state index contributed by atoms with van der Waals surface area (Å²) in [6, 6.07) is 80.5. The summed E-state index contributed by atoms with van der Waals surface area (Å²) in [5.41, 5.74) is 15.6. The molecule has 0 fully saturated rings. The molecule has 0 radical (unpaired) electrons. The summed E-state index contributed by atoms with van der Waals surface area (Å²) in [6.07, 6.45) is 0. The minimum Gasteiger partial charge on any atom is -0.456 e. The van der Waals surface area contributed by atoms with Crippen molar-refractivity contribution in [3.8, 4) is 22.3 Å². The van der Waals surface area contributed by atoms with E-state index in [0.29, 0.717) is 0 Å². The molecule has 11 aromatic rings. The first kappa shape index (κ1) is 37.1. The Morgan fingerprint density at radius 3 is 1.75 bits per heavy atom. The fourth-order valence-corrected chi connectivity index (χ4v) is 10.7. The van der Waals surface area contributed by atoms with Crippen LogP contribution in [0.25, 0.3) is 65.7 Å². The third-order valence-corrected chi connectivity index (χ3v) is 13.5.